The molecule has 6 unspecified atom stereocenters. The molecule has 3 nitrogen and oxygen atoms in total. The molecule has 14 aliphatic rings. The summed E-state index contributed by atoms with van der Waals surface area (Å²) in [5, 5.41) is 75.3. The summed E-state index contributed by atoms with van der Waals surface area (Å²) in [7, 11) is 7.74. The van der Waals surface area contributed by atoms with E-state index in [2.05, 4.69) is 35.8 Å². The molecule has 0 bridgehead atoms. The summed E-state index contributed by atoms with van der Waals surface area (Å²) in [6.07, 6.45) is 0. The fourth-order valence-corrected chi connectivity index (χ4v) is 30.1. The number of rotatable bonds is 0. The minimum Gasteiger partial charge on any atom is -0.304 e. The molecule has 3 heterocycles. The molecule has 11 aliphatic carbocycles. The monoisotopic (exact) mass is 891 g/mol. The fourth-order valence-electron chi connectivity index (χ4n) is 30.1. The third kappa shape index (κ3) is 1.35. The van der Waals surface area contributed by atoms with Crippen LogP contribution in [0.15, 0.2) is 0 Å². The van der Waals surface area contributed by atoms with Gasteiger partial charge in [0, 0.05) is 50.1 Å². The molecule has 35 rings (SSSR count). The molecule has 0 amide bonds. The molecule has 3 fully saturated rings. The minimum absolute atomic E-state index is 0.116. The number of likely N-dealkylation sites (tertiary alicyclic amines) is 3. The average Bonchev–Trinajstić information content (AvgIpc) is 4.37. The van der Waals surface area contributed by atoms with Crippen LogP contribution in [0, 0.1) is 0 Å². The van der Waals surface area contributed by atoms with Crippen LogP contribution in [0.5, 0.6) is 0 Å². The SMILES string of the molecule is CN1CC23C4=c5c6c7c8c9c%10c%11c%12c%13c%14c%15c%16c%17c%18c(c9c6c6c5c5c9c%19c%20c%21c%22c(c2c2c%23c(c8c%11c8c%23c%11c2c%22c2c%21c%21c%19c(c%17c9c%186)c%15c%21c6c%14c(c%128)c%11c26)C73C1)C41CN(C)CC5%201)C%101CN(C)CC%16%131. The van der Waals surface area contributed by atoms with E-state index in [1.165, 1.54) is 0 Å². The molecule has 6 spiro atoms. The molecule has 3 saturated heterocycles. The van der Waals surface area contributed by atoms with Gasteiger partial charge in [-0.2, -0.15) is 0 Å². The third-order valence-electron chi connectivity index (χ3n) is 29.1. The van der Waals surface area contributed by atoms with Crippen LogP contribution in [-0.2, 0) is 32.5 Å². The lowest BCUT2D eigenvalue weighted by Gasteiger charge is -2.54. The number of hydrogen-bond acceptors (Lipinski definition) is 3. The van der Waals surface area contributed by atoms with Crippen LogP contribution in [0.3, 0.4) is 0 Å². The first-order chi connectivity index (χ1) is 35.5. The van der Waals surface area contributed by atoms with Crippen molar-refractivity contribution in [1.82, 2.24) is 14.7 Å². The van der Waals surface area contributed by atoms with Gasteiger partial charge in [0.15, 0.2) is 0 Å². The van der Waals surface area contributed by atoms with Crippen molar-refractivity contribution in [2.45, 2.75) is 32.5 Å². The highest BCUT2D eigenvalue weighted by Gasteiger charge is 2.84. The maximum Gasteiger partial charge on any atom is 0.0505 e. The summed E-state index contributed by atoms with van der Waals surface area (Å²) < 4.78 is 0. The third-order valence-corrected chi connectivity index (χ3v) is 29.1. The van der Waals surface area contributed by atoms with Crippen LogP contribution in [0.25, 0.3) is 232 Å². The summed E-state index contributed by atoms with van der Waals surface area (Å²) in [6, 6.07) is 0. The Balaban J connectivity index is 1.18. The second kappa shape index (κ2) is 5.95. The highest BCUT2D eigenvalue weighted by Crippen LogP contribution is 2.90. The van der Waals surface area contributed by atoms with Crippen LogP contribution in [0.1, 0.15) is 55.6 Å². The van der Waals surface area contributed by atoms with Gasteiger partial charge in [-0.05, 0) is 314 Å². The van der Waals surface area contributed by atoms with E-state index in [1.807, 2.05) is 66.4 Å². The molecule has 21 aromatic carbocycles. The van der Waals surface area contributed by atoms with Gasteiger partial charge in [-0.25, -0.2) is 0 Å². The molecule has 0 radical (unpaired) electrons. The van der Waals surface area contributed by atoms with Gasteiger partial charge in [-0.3, -0.25) is 0 Å². The molecule has 21 aromatic rings. The lowest BCUT2D eigenvalue weighted by molar-refractivity contribution is 0.377. The van der Waals surface area contributed by atoms with Gasteiger partial charge in [0.2, 0.25) is 0 Å². The molecule has 3 heteroatoms. The maximum atomic E-state index is 2.94. The molecule has 3 aliphatic heterocycles. The molecule has 72 heavy (non-hydrogen) atoms. The van der Waals surface area contributed by atoms with Crippen molar-refractivity contribution < 1.29 is 0 Å². The molecule has 312 valence electrons. The summed E-state index contributed by atoms with van der Waals surface area (Å²) >= 11 is 0. The van der Waals surface area contributed by atoms with E-state index in [4.69, 9.17) is 0 Å². The zero-order valence-electron chi connectivity index (χ0n) is 38.6. The molecule has 0 saturated carbocycles. The molecule has 0 aromatic heterocycles. The first-order valence-electron chi connectivity index (χ1n) is 27.9. The topological polar surface area (TPSA) is 9.72 Å². The maximum absolute atomic E-state index is 2.94. The zero-order chi connectivity index (χ0) is 43.2. The minimum atomic E-state index is -0.124. The van der Waals surface area contributed by atoms with E-state index in [1.54, 1.807) is 226 Å². The Bertz CT molecular complexity index is 7170. The normalized spacial score (nSPS) is 34.1. The van der Waals surface area contributed by atoms with E-state index in [0.717, 1.165) is 39.3 Å². The Kier molecular flexibility index (Phi) is 2.28. The molecular formula is C69H21N3. The van der Waals surface area contributed by atoms with Crippen molar-refractivity contribution in [3.63, 3.8) is 0 Å². The van der Waals surface area contributed by atoms with Gasteiger partial charge < -0.3 is 14.7 Å². The molecule has 0 N–H and O–H groups in total. The van der Waals surface area contributed by atoms with Crippen molar-refractivity contribution in [1.29, 1.82) is 0 Å². The fraction of sp³-hybridized carbons (Fsp3) is 0.217. The Morgan fingerprint density at radius 1 is 0.181 bits per heavy atom. The number of benzene rings is 14. The lowest BCUT2D eigenvalue weighted by atomic mass is 9.45. The highest BCUT2D eigenvalue weighted by molar-refractivity contribution is 6.74. The highest BCUT2D eigenvalue weighted by atomic mass is 15.2. The van der Waals surface area contributed by atoms with Crippen LogP contribution in [0.4, 0.5) is 0 Å². The smallest absolute Gasteiger partial charge is 0.0505 e. The second-order valence-electron chi connectivity index (χ2n) is 29.2. The van der Waals surface area contributed by atoms with Gasteiger partial charge in [0.05, 0.1) is 21.7 Å². The quantitative estimate of drug-likeness (QED) is 0.140. The van der Waals surface area contributed by atoms with Crippen LogP contribution in [-0.4, -0.2) is 75.1 Å². The van der Waals surface area contributed by atoms with Crippen molar-refractivity contribution in [3.8, 4) is 0 Å². The van der Waals surface area contributed by atoms with E-state index < -0.39 is 0 Å². The van der Waals surface area contributed by atoms with Gasteiger partial charge in [-0.15, -0.1) is 0 Å². The lowest BCUT2D eigenvalue weighted by Crippen LogP contribution is -2.59. The van der Waals surface area contributed by atoms with Crippen molar-refractivity contribution in [2.24, 2.45) is 0 Å². The van der Waals surface area contributed by atoms with Crippen LogP contribution < -0.4 is 5.22 Å². The first kappa shape index (κ1) is 27.6. The van der Waals surface area contributed by atoms with Crippen molar-refractivity contribution >= 4 is 232 Å². The largest absolute Gasteiger partial charge is 0.304 e. The van der Waals surface area contributed by atoms with E-state index in [9.17, 15) is 0 Å². The van der Waals surface area contributed by atoms with Crippen molar-refractivity contribution in [2.75, 3.05) is 60.4 Å². The Morgan fingerprint density at radius 2 is 0.333 bits per heavy atom. The summed E-state index contributed by atoms with van der Waals surface area (Å²) in [4.78, 5) is 8.78. The summed E-state index contributed by atoms with van der Waals surface area (Å²) in [5.74, 6) is 0. The van der Waals surface area contributed by atoms with Crippen LogP contribution >= 0.6 is 0 Å². The zero-order valence-corrected chi connectivity index (χ0v) is 38.6. The predicted octanol–water partition coefficient (Wildman–Crippen LogP) is 12.4. The van der Waals surface area contributed by atoms with Gasteiger partial charge >= 0.3 is 0 Å². The standard InChI is InChI=1S/C69H21N3/c1-70-4-64-53-34-20-12-10-11-14(20)24-19-25-16(11)28-27-15(10)22-17-13(12)21-18-23(17)36-40-29-26(18)38(54(64)35(21)34)39-30(29)31-33-45-50-51-44(32(19)43(37(24)53)59(50)65(64,5-70)55(39)45)57-42(25)47(28)62-61-46(27)41(22)56(36)66-6-71(2)8-68(61,66)63-52(48(31)58(40)66)49(33)60(51)67(57)7-72(3)9-69(62,63)67/h4-9H2,1-3H3. The van der Waals surface area contributed by atoms with E-state index in [-0.39, 0.29) is 32.5 Å². The van der Waals surface area contributed by atoms with Gasteiger partial charge in [0.1, 0.15) is 0 Å². The summed E-state index contributed by atoms with van der Waals surface area (Å²) in [5.41, 5.74) is 19.8. The average molecular weight is 892 g/mol. The van der Waals surface area contributed by atoms with Gasteiger partial charge in [-0.1, -0.05) is 0 Å². The first-order valence-corrected chi connectivity index (χ1v) is 27.9. The number of hydrogen-bond donors (Lipinski definition) is 0. The van der Waals surface area contributed by atoms with E-state index in [0.29, 0.717) is 0 Å². The van der Waals surface area contributed by atoms with Gasteiger partial charge in [0.25, 0.3) is 0 Å². The number of likely N-dealkylation sites (N-methyl/N-ethyl adjacent to an activating group) is 3. The van der Waals surface area contributed by atoms with Crippen molar-refractivity contribution in [3.05, 3.63) is 60.9 Å². The Hall–Kier alpha value is -7.14. The summed E-state index contributed by atoms with van der Waals surface area (Å²) in [6.45, 7) is 6.85. The Morgan fingerprint density at radius 3 is 0.611 bits per heavy atom. The second-order valence-corrected chi connectivity index (χ2v) is 29.2. The number of nitrogens with zero attached hydrogens (tertiary/aromatic N) is 3. The van der Waals surface area contributed by atoms with E-state index >= 15 is 0 Å². The predicted molar refractivity (Wildman–Crippen MR) is 293 cm³/mol. The van der Waals surface area contributed by atoms with Crippen LogP contribution in [0.2, 0.25) is 0 Å². The Labute approximate surface area is 398 Å². The molecule has 6 atom stereocenters. The molecular weight excluding hydrogens is 871 g/mol.